The lowest BCUT2D eigenvalue weighted by Crippen LogP contribution is -2.32. The first-order valence-electron chi connectivity index (χ1n) is 6.60. The number of rotatable bonds is 4. The van der Waals surface area contributed by atoms with Gasteiger partial charge in [0.05, 0.1) is 0 Å². The van der Waals surface area contributed by atoms with Crippen molar-refractivity contribution >= 4 is 5.91 Å². The minimum atomic E-state index is -0.129. The third-order valence-electron chi connectivity index (χ3n) is 3.79. The molecular formula is C16H17NO2. The van der Waals surface area contributed by atoms with Gasteiger partial charge < -0.3 is 9.73 Å². The van der Waals surface area contributed by atoms with E-state index in [-0.39, 0.29) is 11.3 Å². The van der Waals surface area contributed by atoms with E-state index in [1.807, 2.05) is 25.1 Å². The number of hydrogen-bond donors (Lipinski definition) is 1. The summed E-state index contributed by atoms with van der Waals surface area (Å²) in [6, 6.07) is 13.9. The molecule has 3 nitrogen and oxygen atoms in total. The predicted molar refractivity (Wildman–Crippen MR) is 73.1 cm³/mol. The molecule has 1 N–H and O–H groups in total. The lowest BCUT2D eigenvalue weighted by molar-refractivity contribution is 0.0920. The van der Waals surface area contributed by atoms with E-state index in [4.69, 9.17) is 4.42 Å². The SMILES string of the molecule is Cc1ccc(C(=O)NCC2(c3ccccc3)CC2)o1. The number of carbonyl (C=O) groups is 1. The van der Waals surface area contributed by atoms with Crippen LogP contribution >= 0.6 is 0 Å². The van der Waals surface area contributed by atoms with Gasteiger partial charge in [0.1, 0.15) is 5.76 Å². The monoisotopic (exact) mass is 255 g/mol. The molecule has 19 heavy (non-hydrogen) atoms. The zero-order valence-corrected chi connectivity index (χ0v) is 11.0. The summed E-state index contributed by atoms with van der Waals surface area (Å²) in [5, 5.41) is 2.98. The van der Waals surface area contributed by atoms with Crippen molar-refractivity contribution in [3.8, 4) is 0 Å². The Hall–Kier alpha value is -2.03. The van der Waals surface area contributed by atoms with E-state index in [0.717, 1.165) is 18.6 Å². The molecule has 0 unspecified atom stereocenters. The van der Waals surface area contributed by atoms with Gasteiger partial charge in [-0.1, -0.05) is 30.3 Å². The van der Waals surface area contributed by atoms with Crippen molar-refractivity contribution in [3.63, 3.8) is 0 Å². The number of benzene rings is 1. The summed E-state index contributed by atoms with van der Waals surface area (Å²) in [6.07, 6.45) is 2.27. The van der Waals surface area contributed by atoms with Crippen LogP contribution in [0.3, 0.4) is 0 Å². The Labute approximate surface area is 112 Å². The molecule has 0 atom stereocenters. The number of hydrogen-bond acceptors (Lipinski definition) is 2. The molecule has 3 heteroatoms. The highest BCUT2D eigenvalue weighted by Gasteiger charge is 2.44. The van der Waals surface area contributed by atoms with Gasteiger partial charge in [-0.05, 0) is 37.5 Å². The molecule has 98 valence electrons. The van der Waals surface area contributed by atoms with Crippen molar-refractivity contribution < 1.29 is 9.21 Å². The number of amides is 1. The molecule has 0 radical (unpaired) electrons. The number of carbonyl (C=O) groups excluding carboxylic acids is 1. The second kappa shape index (κ2) is 4.57. The minimum absolute atomic E-state index is 0.129. The van der Waals surface area contributed by atoms with E-state index in [9.17, 15) is 4.79 Å². The first kappa shape index (κ1) is 12.0. The van der Waals surface area contributed by atoms with Gasteiger partial charge in [0.15, 0.2) is 5.76 Å². The first-order chi connectivity index (χ1) is 9.20. The summed E-state index contributed by atoms with van der Waals surface area (Å²) >= 11 is 0. The van der Waals surface area contributed by atoms with E-state index in [0.29, 0.717) is 12.3 Å². The fourth-order valence-electron chi connectivity index (χ4n) is 2.40. The van der Waals surface area contributed by atoms with Crippen LogP contribution < -0.4 is 5.32 Å². The van der Waals surface area contributed by atoms with Gasteiger partial charge in [-0.2, -0.15) is 0 Å². The van der Waals surface area contributed by atoms with Crippen molar-refractivity contribution in [2.75, 3.05) is 6.54 Å². The van der Waals surface area contributed by atoms with Crippen LogP contribution in [0.2, 0.25) is 0 Å². The van der Waals surface area contributed by atoms with Crippen LogP contribution in [0.1, 0.15) is 34.7 Å². The number of furan rings is 1. The molecule has 0 spiro atoms. The summed E-state index contributed by atoms with van der Waals surface area (Å²) in [7, 11) is 0. The summed E-state index contributed by atoms with van der Waals surface area (Å²) < 4.78 is 5.32. The van der Waals surface area contributed by atoms with Crippen LogP contribution in [0.15, 0.2) is 46.9 Å². The molecule has 0 bridgehead atoms. The highest BCUT2D eigenvalue weighted by Crippen LogP contribution is 2.47. The van der Waals surface area contributed by atoms with Crippen LogP contribution in [0.5, 0.6) is 0 Å². The van der Waals surface area contributed by atoms with Crippen molar-refractivity contribution in [1.82, 2.24) is 5.32 Å². The van der Waals surface area contributed by atoms with Crippen LogP contribution in [0.4, 0.5) is 0 Å². The maximum Gasteiger partial charge on any atom is 0.287 e. The molecule has 0 aliphatic heterocycles. The fraction of sp³-hybridized carbons (Fsp3) is 0.312. The van der Waals surface area contributed by atoms with Gasteiger partial charge in [-0.15, -0.1) is 0 Å². The Morgan fingerprint density at radius 3 is 2.53 bits per heavy atom. The van der Waals surface area contributed by atoms with E-state index >= 15 is 0 Å². The number of aryl methyl sites for hydroxylation is 1. The average Bonchev–Trinajstić information content (AvgIpc) is 3.12. The number of nitrogens with one attached hydrogen (secondary N) is 1. The molecule has 1 aliphatic rings. The van der Waals surface area contributed by atoms with Gasteiger partial charge in [-0.25, -0.2) is 0 Å². The van der Waals surface area contributed by atoms with Crippen LogP contribution in [-0.4, -0.2) is 12.5 Å². The van der Waals surface area contributed by atoms with Crippen LogP contribution in [0, 0.1) is 6.92 Å². The van der Waals surface area contributed by atoms with Gasteiger partial charge in [0.2, 0.25) is 0 Å². The Bertz CT molecular complexity index is 582. The molecule has 1 heterocycles. The molecule has 1 saturated carbocycles. The van der Waals surface area contributed by atoms with E-state index in [1.165, 1.54) is 5.56 Å². The Morgan fingerprint density at radius 2 is 1.95 bits per heavy atom. The normalized spacial score (nSPS) is 16.1. The summed E-state index contributed by atoms with van der Waals surface area (Å²) in [5.74, 6) is 1.02. The molecule has 1 aromatic heterocycles. The summed E-state index contributed by atoms with van der Waals surface area (Å²) in [5.41, 5.74) is 1.45. The summed E-state index contributed by atoms with van der Waals surface area (Å²) in [4.78, 5) is 12.0. The van der Waals surface area contributed by atoms with Crippen molar-refractivity contribution in [2.24, 2.45) is 0 Å². The lowest BCUT2D eigenvalue weighted by Gasteiger charge is -2.16. The molecular weight excluding hydrogens is 238 g/mol. The molecule has 1 aromatic carbocycles. The molecule has 1 fully saturated rings. The Kier molecular flexibility index (Phi) is 2.90. The second-order valence-electron chi connectivity index (χ2n) is 5.24. The maximum absolute atomic E-state index is 12.0. The average molecular weight is 255 g/mol. The van der Waals surface area contributed by atoms with Gasteiger partial charge in [0, 0.05) is 12.0 Å². The van der Waals surface area contributed by atoms with Crippen LogP contribution in [0.25, 0.3) is 0 Å². The summed E-state index contributed by atoms with van der Waals surface area (Å²) in [6.45, 7) is 2.51. The van der Waals surface area contributed by atoms with E-state index < -0.39 is 0 Å². The van der Waals surface area contributed by atoms with Gasteiger partial charge in [-0.3, -0.25) is 4.79 Å². The fourth-order valence-corrected chi connectivity index (χ4v) is 2.40. The molecule has 1 amide bonds. The maximum atomic E-state index is 12.0. The molecule has 3 rings (SSSR count). The third-order valence-corrected chi connectivity index (χ3v) is 3.79. The van der Waals surface area contributed by atoms with Crippen molar-refractivity contribution in [1.29, 1.82) is 0 Å². The quantitative estimate of drug-likeness (QED) is 0.912. The minimum Gasteiger partial charge on any atom is -0.456 e. The largest absolute Gasteiger partial charge is 0.456 e. The smallest absolute Gasteiger partial charge is 0.287 e. The first-order valence-corrected chi connectivity index (χ1v) is 6.60. The zero-order chi connectivity index (χ0) is 13.3. The molecule has 0 saturated heterocycles. The Balaban J connectivity index is 1.65. The van der Waals surface area contributed by atoms with Crippen molar-refractivity contribution in [3.05, 3.63) is 59.5 Å². The lowest BCUT2D eigenvalue weighted by atomic mass is 9.96. The molecule has 2 aromatic rings. The highest BCUT2D eigenvalue weighted by molar-refractivity contribution is 5.91. The van der Waals surface area contributed by atoms with E-state index in [1.54, 1.807) is 12.1 Å². The van der Waals surface area contributed by atoms with Gasteiger partial charge >= 0.3 is 0 Å². The van der Waals surface area contributed by atoms with Crippen LogP contribution in [-0.2, 0) is 5.41 Å². The topological polar surface area (TPSA) is 42.2 Å². The Morgan fingerprint density at radius 1 is 1.21 bits per heavy atom. The predicted octanol–water partition coefficient (Wildman–Crippen LogP) is 3.05. The molecule has 1 aliphatic carbocycles. The highest BCUT2D eigenvalue weighted by atomic mass is 16.3. The van der Waals surface area contributed by atoms with E-state index in [2.05, 4.69) is 17.4 Å². The standard InChI is InChI=1S/C16H17NO2/c1-12-7-8-14(19-12)15(18)17-11-16(9-10-16)13-5-3-2-4-6-13/h2-8H,9-11H2,1H3,(H,17,18). The van der Waals surface area contributed by atoms with Gasteiger partial charge in [0.25, 0.3) is 5.91 Å². The zero-order valence-electron chi connectivity index (χ0n) is 11.0. The van der Waals surface area contributed by atoms with Crippen molar-refractivity contribution in [2.45, 2.75) is 25.2 Å². The second-order valence-corrected chi connectivity index (χ2v) is 5.24. The third kappa shape index (κ3) is 2.41.